The van der Waals surface area contributed by atoms with E-state index in [1.54, 1.807) is 30.3 Å². The Balaban J connectivity index is 0.000000403. The van der Waals surface area contributed by atoms with Crippen LogP contribution in [-0.4, -0.2) is 16.2 Å². The third-order valence-corrected chi connectivity index (χ3v) is 7.92. The molecule has 0 saturated carbocycles. The smallest absolute Gasteiger partial charge is 0.335 e. The zero-order chi connectivity index (χ0) is 30.3. The predicted molar refractivity (Wildman–Crippen MR) is 178 cm³/mol. The van der Waals surface area contributed by atoms with E-state index in [0.717, 1.165) is 17.7 Å². The summed E-state index contributed by atoms with van der Waals surface area (Å²) in [5, 5.41) is 23.1. The van der Waals surface area contributed by atoms with E-state index in [4.69, 9.17) is 9.84 Å². The maximum absolute atomic E-state index is 10.2. The Bertz CT molecular complexity index is 1520. The zero-order valence-corrected chi connectivity index (χ0v) is 25.3. The van der Waals surface area contributed by atoms with E-state index >= 15 is 0 Å². The van der Waals surface area contributed by atoms with Crippen molar-refractivity contribution >= 4 is 27.5 Å². The highest BCUT2D eigenvalue weighted by atomic mass is 16.5. The van der Waals surface area contributed by atoms with Crippen LogP contribution < -0.4 is 4.74 Å². The number of unbranched alkanes of at least 4 members (excludes halogenated alkanes) is 7. The number of rotatable bonds is 14. The molecule has 0 fully saturated rings. The molecule has 0 spiro atoms. The van der Waals surface area contributed by atoms with Gasteiger partial charge in [0.2, 0.25) is 0 Å². The minimum Gasteiger partial charge on any atom is -0.489 e. The van der Waals surface area contributed by atoms with E-state index in [2.05, 4.69) is 55.5 Å². The molecule has 5 rings (SSSR count). The topological polar surface area (TPSA) is 66.8 Å². The molecule has 0 aliphatic carbocycles. The number of ether oxygens (including phenoxy) is 1. The van der Waals surface area contributed by atoms with Crippen LogP contribution in [0.1, 0.15) is 85.3 Å². The number of benzene rings is 5. The van der Waals surface area contributed by atoms with E-state index < -0.39 is 5.97 Å². The van der Waals surface area contributed by atoms with Gasteiger partial charge in [-0.2, -0.15) is 0 Å². The number of fused-ring (bicyclic) bond motifs is 2. The first-order valence-electron chi connectivity index (χ1n) is 15.6. The van der Waals surface area contributed by atoms with Crippen molar-refractivity contribution in [1.29, 1.82) is 0 Å². The number of carboxylic acid groups (broad SMARTS) is 1. The maximum atomic E-state index is 10.2. The van der Waals surface area contributed by atoms with Gasteiger partial charge in [-0.25, -0.2) is 4.79 Å². The normalized spacial score (nSPS) is 10.8. The second kappa shape index (κ2) is 17.1. The Labute approximate surface area is 256 Å². The van der Waals surface area contributed by atoms with E-state index in [1.165, 1.54) is 84.0 Å². The lowest BCUT2D eigenvalue weighted by Crippen LogP contribution is -2.01. The maximum Gasteiger partial charge on any atom is 0.335 e. The van der Waals surface area contributed by atoms with Gasteiger partial charge < -0.3 is 14.9 Å². The minimum atomic E-state index is -0.879. The van der Waals surface area contributed by atoms with Gasteiger partial charge in [0.15, 0.2) is 0 Å². The van der Waals surface area contributed by atoms with Crippen LogP contribution in [0.3, 0.4) is 0 Å². The molecule has 224 valence electrons. The average molecular weight is 577 g/mol. The molecule has 5 aromatic rings. The number of hydrogen-bond donors (Lipinski definition) is 2. The summed E-state index contributed by atoms with van der Waals surface area (Å²) >= 11 is 0. The van der Waals surface area contributed by atoms with E-state index in [0.29, 0.717) is 12.2 Å². The molecule has 2 N–H and O–H groups in total. The van der Waals surface area contributed by atoms with Gasteiger partial charge in [0.1, 0.15) is 12.4 Å². The molecule has 4 nitrogen and oxygen atoms in total. The van der Waals surface area contributed by atoms with Crippen molar-refractivity contribution < 1.29 is 19.7 Å². The van der Waals surface area contributed by atoms with Gasteiger partial charge in [0, 0.05) is 5.56 Å². The molecule has 0 heterocycles. The Hall–Kier alpha value is -4.15. The first-order chi connectivity index (χ1) is 21.1. The lowest BCUT2D eigenvalue weighted by Gasteiger charge is -2.17. The Morgan fingerprint density at radius 2 is 1.16 bits per heavy atom. The second-order valence-electron chi connectivity index (χ2n) is 11.0. The molecule has 0 unspecified atom stereocenters. The molecule has 5 aromatic carbocycles. The number of aryl methyl sites for hydroxylation is 1. The highest BCUT2D eigenvalue weighted by molar-refractivity contribution is 6.05. The summed E-state index contributed by atoms with van der Waals surface area (Å²) in [6.45, 7) is 2.81. The van der Waals surface area contributed by atoms with Gasteiger partial charge in [-0.05, 0) is 69.8 Å². The van der Waals surface area contributed by atoms with Crippen molar-refractivity contribution in [2.75, 3.05) is 0 Å². The zero-order valence-electron chi connectivity index (χ0n) is 25.3. The lowest BCUT2D eigenvalue weighted by atomic mass is 9.89. The van der Waals surface area contributed by atoms with E-state index in [9.17, 15) is 9.90 Å². The molecule has 43 heavy (non-hydrogen) atoms. The number of carboxylic acids is 1. The molecule has 0 aromatic heterocycles. The Morgan fingerprint density at radius 1 is 0.628 bits per heavy atom. The minimum absolute atomic E-state index is 0.0243. The first kappa shape index (κ1) is 31.8. The monoisotopic (exact) mass is 576 g/mol. The van der Waals surface area contributed by atoms with Crippen molar-refractivity contribution in [3.8, 4) is 5.75 Å². The Morgan fingerprint density at radius 3 is 1.70 bits per heavy atom. The predicted octanol–water partition coefficient (Wildman–Crippen LogP) is 10.1. The summed E-state index contributed by atoms with van der Waals surface area (Å²) in [6, 6.07) is 33.6. The quantitative estimate of drug-likeness (QED) is 0.102. The van der Waals surface area contributed by atoms with Gasteiger partial charge in [-0.3, -0.25) is 0 Å². The van der Waals surface area contributed by atoms with Crippen LogP contribution in [0, 0.1) is 0 Å². The first-order valence-corrected chi connectivity index (χ1v) is 15.6. The SMILES string of the molecule is CCCCCCCCCCc1c2ccccc2c(COc2cccc(CO)c2)c2ccccc12.O=C(O)c1ccccc1. The number of carbonyl (C=O) groups is 1. The van der Waals surface area contributed by atoms with Crippen LogP contribution in [0.25, 0.3) is 21.5 Å². The van der Waals surface area contributed by atoms with Crippen molar-refractivity contribution in [1.82, 2.24) is 0 Å². The molecule has 0 aliphatic heterocycles. The third-order valence-electron chi connectivity index (χ3n) is 7.92. The van der Waals surface area contributed by atoms with Crippen LogP contribution >= 0.6 is 0 Å². The van der Waals surface area contributed by atoms with Gasteiger partial charge >= 0.3 is 5.97 Å². The number of aromatic carboxylic acids is 1. The van der Waals surface area contributed by atoms with Gasteiger partial charge in [0.25, 0.3) is 0 Å². The molecule has 0 aliphatic rings. The fraction of sp³-hybridized carbons (Fsp3) is 0.308. The van der Waals surface area contributed by atoms with Crippen molar-refractivity contribution in [2.45, 2.75) is 77.9 Å². The molecule has 0 atom stereocenters. The molecule has 0 saturated heterocycles. The fourth-order valence-electron chi connectivity index (χ4n) is 5.64. The number of aliphatic hydroxyl groups is 1. The second-order valence-corrected chi connectivity index (χ2v) is 11.0. The third kappa shape index (κ3) is 9.17. The molecule has 0 radical (unpaired) electrons. The van der Waals surface area contributed by atoms with Crippen LogP contribution in [0.4, 0.5) is 0 Å². The van der Waals surface area contributed by atoms with Gasteiger partial charge in [-0.15, -0.1) is 0 Å². The summed E-state index contributed by atoms with van der Waals surface area (Å²) in [6.07, 6.45) is 11.8. The number of hydrogen-bond acceptors (Lipinski definition) is 3. The van der Waals surface area contributed by atoms with Gasteiger partial charge in [0.05, 0.1) is 12.2 Å². The van der Waals surface area contributed by atoms with Crippen LogP contribution in [0.5, 0.6) is 5.75 Å². The Kier molecular flexibility index (Phi) is 12.6. The molecular weight excluding hydrogens is 532 g/mol. The van der Waals surface area contributed by atoms with Crippen LogP contribution in [-0.2, 0) is 19.6 Å². The summed E-state index contributed by atoms with van der Waals surface area (Å²) in [5.74, 6) is -0.0849. The van der Waals surface area contributed by atoms with Crippen molar-refractivity contribution in [3.05, 3.63) is 125 Å². The summed E-state index contributed by atoms with van der Waals surface area (Å²) in [4.78, 5) is 10.2. The largest absolute Gasteiger partial charge is 0.489 e. The standard InChI is InChI=1S/C32H38O2.C7H6O2/c1-2-3-4-5-6-7-8-9-17-27-28-18-10-12-20-30(28)32(31-21-13-11-19-29(27)31)24-34-26-16-14-15-25(22-26)23-33;8-7(9)6-4-2-1-3-5-6/h10-16,18-22,33H,2-9,17,23-24H2,1H3;1-5H,(H,8,9). The molecule has 4 heteroatoms. The summed E-state index contributed by atoms with van der Waals surface area (Å²) in [7, 11) is 0. The fourth-order valence-corrected chi connectivity index (χ4v) is 5.64. The lowest BCUT2D eigenvalue weighted by molar-refractivity contribution is 0.0697. The van der Waals surface area contributed by atoms with Gasteiger partial charge in [-0.1, -0.05) is 131 Å². The highest BCUT2D eigenvalue weighted by Gasteiger charge is 2.14. The van der Waals surface area contributed by atoms with E-state index in [1.807, 2.05) is 24.3 Å². The van der Waals surface area contributed by atoms with Crippen LogP contribution in [0.2, 0.25) is 0 Å². The summed E-state index contributed by atoms with van der Waals surface area (Å²) < 4.78 is 6.23. The molecule has 0 amide bonds. The summed E-state index contributed by atoms with van der Waals surface area (Å²) in [5.41, 5.74) is 3.91. The van der Waals surface area contributed by atoms with Crippen LogP contribution in [0.15, 0.2) is 103 Å². The number of aliphatic hydroxyl groups excluding tert-OH is 1. The average Bonchev–Trinajstić information content (AvgIpc) is 3.06. The molecular formula is C39H44O4. The molecule has 0 bridgehead atoms. The highest BCUT2D eigenvalue weighted by Crippen LogP contribution is 2.35. The van der Waals surface area contributed by atoms with Crippen molar-refractivity contribution in [3.63, 3.8) is 0 Å². The van der Waals surface area contributed by atoms with Crippen molar-refractivity contribution in [2.24, 2.45) is 0 Å². The van der Waals surface area contributed by atoms with E-state index in [-0.39, 0.29) is 6.61 Å².